The molecular formula is C21H22F3N3O3. The summed E-state index contributed by atoms with van der Waals surface area (Å²) in [6, 6.07) is 7.74. The van der Waals surface area contributed by atoms with Crippen LogP contribution in [0.25, 0.3) is 0 Å². The van der Waals surface area contributed by atoms with Crippen LogP contribution in [0.5, 0.6) is 5.75 Å². The van der Waals surface area contributed by atoms with Gasteiger partial charge in [-0.15, -0.1) is 0 Å². The van der Waals surface area contributed by atoms with Gasteiger partial charge in [-0.3, -0.25) is 9.59 Å². The summed E-state index contributed by atoms with van der Waals surface area (Å²) in [5.74, 6) is -5.01. The number of anilines is 2. The standard InChI is InChI=1S/C21H22F3N3O3/c1-3-10-25-21(29)17-11-27(15-6-4-5-7-16(15)30-17)12(2)20(28)26-14-9-8-13(22)18(23)19(14)24/h4-9,12,17H,3,10-11H2,1-2H3,(H,25,29)(H,26,28)/t12-,17-/m0/s1. The van der Waals surface area contributed by atoms with E-state index in [1.54, 1.807) is 36.1 Å². The van der Waals surface area contributed by atoms with Gasteiger partial charge in [0.25, 0.3) is 5.91 Å². The van der Waals surface area contributed by atoms with Crippen LogP contribution in [0.1, 0.15) is 20.3 Å². The van der Waals surface area contributed by atoms with Crippen LogP contribution in [-0.2, 0) is 9.59 Å². The molecule has 0 bridgehead atoms. The highest BCUT2D eigenvalue weighted by atomic mass is 19.2. The second-order valence-corrected chi connectivity index (χ2v) is 6.91. The van der Waals surface area contributed by atoms with Crippen molar-refractivity contribution in [3.63, 3.8) is 0 Å². The van der Waals surface area contributed by atoms with E-state index in [2.05, 4.69) is 10.6 Å². The molecule has 1 heterocycles. The van der Waals surface area contributed by atoms with Crippen molar-refractivity contribution in [1.29, 1.82) is 0 Å². The minimum absolute atomic E-state index is 0.0847. The fourth-order valence-electron chi connectivity index (χ4n) is 3.13. The Morgan fingerprint density at radius 3 is 2.63 bits per heavy atom. The molecule has 2 aromatic rings. The molecule has 1 aliphatic rings. The second-order valence-electron chi connectivity index (χ2n) is 6.91. The summed E-state index contributed by atoms with van der Waals surface area (Å²) in [7, 11) is 0. The number of hydrogen-bond acceptors (Lipinski definition) is 4. The minimum Gasteiger partial charge on any atom is -0.477 e. The predicted octanol–water partition coefficient (Wildman–Crippen LogP) is 3.22. The fourth-order valence-corrected chi connectivity index (χ4v) is 3.13. The van der Waals surface area contributed by atoms with E-state index in [1.165, 1.54) is 0 Å². The van der Waals surface area contributed by atoms with E-state index in [0.29, 0.717) is 18.0 Å². The first-order chi connectivity index (χ1) is 14.3. The molecule has 2 atom stereocenters. The Kier molecular flexibility index (Phi) is 6.49. The molecule has 0 spiro atoms. The van der Waals surface area contributed by atoms with Crippen LogP contribution in [0.15, 0.2) is 36.4 Å². The molecule has 0 fully saturated rings. The van der Waals surface area contributed by atoms with Crippen molar-refractivity contribution in [3.8, 4) is 5.75 Å². The molecule has 1 aliphatic heterocycles. The maximum absolute atomic E-state index is 13.9. The summed E-state index contributed by atoms with van der Waals surface area (Å²) in [5, 5.41) is 5.04. The van der Waals surface area contributed by atoms with Crippen LogP contribution < -0.4 is 20.3 Å². The van der Waals surface area contributed by atoms with Gasteiger partial charge in [0.2, 0.25) is 5.91 Å². The monoisotopic (exact) mass is 421 g/mol. The molecule has 30 heavy (non-hydrogen) atoms. The fraction of sp³-hybridized carbons (Fsp3) is 0.333. The van der Waals surface area contributed by atoms with Crippen LogP contribution in [0.2, 0.25) is 0 Å². The highest BCUT2D eigenvalue weighted by Crippen LogP contribution is 2.34. The van der Waals surface area contributed by atoms with Gasteiger partial charge in [0.05, 0.1) is 17.9 Å². The van der Waals surface area contributed by atoms with Gasteiger partial charge < -0.3 is 20.3 Å². The summed E-state index contributed by atoms with van der Waals surface area (Å²) in [5.41, 5.74) is 0.120. The zero-order valence-electron chi connectivity index (χ0n) is 16.5. The van der Waals surface area contributed by atoms with E-state index in [1.807, 2.05) is 6.92 Å². The lowest BCUT2D eigenvalue weighted by molar-refractivity contribution is -0.128. The lowest BCUT2D eigenvalue weighted by Gasteiger charge is -2.38. The summed E-state index contributed by atoms with van der Waals surface area (Å²) in [6.45, 7) is 4.07. The molecule has 2 aromatic carbocycles. The zero-order valence-corrected chi connectivity index (χ0v) is 16.5. The highest BCUT2D eigenvalue weighted by molar-refractivity contribution is 5.97. The van der Waals surface area contributed by atoms with Crippen LogP contribution in [-0.4, -0.2) is 37.0 Å². The summed E-state index contributed by atoms with van der Waals surface area (Å²) >= 11 is 0. The van der Waals surface area contributed by atoms with Gasteiger partial charge in [-0.05, 0) is 37.6 Å². The Morgan fingerprint density at radius 2 is 1.90 bits per heavy atom. The van der Waals surface area contributed by atoms with Gasteiger partial charge in [-0.2, -0.15) is 0 Å². The summed E-state index contributed by atoms with van der Waals surface area (Å²) in [6.07, 6.45) is -0.0844. The Hall–Kier alpha value is -3.23. The van der Waals surface area contributed by atoms with Crippen LogP contribution in [0.3, 0.4) is 0 Å². The maximum Gasteiger partial charge on any atom is 0.262 e. The molecule has 0 aliphatic carbocycles. The lowest BCUT2D eigenvalue weighted by Crippen LogP contribution is -2.54. The molecule has 3 rings (SSSR count). The van der Waals surface area contributed by atoms with Gasteiger partial charge >= 0.3 is 0 Å². The lowest BCUT2D eigenvalue weighted by atomic mass is 10.1. The second kappa shape index (κ2) is 9.06. The molecule has 160 valence electrons. The first kappa shape index (κ1) is 21.5. The third-order valence-electron chi connectivity index (χ3n) is 4.79. The topological polar surface area (TPSA) is 70.7 Å². The first-order valence-corrected chi connectivity index (χ1v) is 9.57. The third-order valence-corrected chi connectivity index (χ3v) is 4.79. The number of carbonyl (C=O) groups excluding carboxylic acids is 2. The van der Waals surface area contributed by atoms with Gasteiger partial charge in [0.1, 0.15) is 11.8 Å². The molecule has 9 heteroatoms. The molecule has 2 amide bonds. The Balaban J connectivity index is 1.82. The number of amides is 2. The number of nitrogens with zero attached hydrogens (tertiary/aromatic N) is 1. The van der Waals surface area contributed by atoms with Crippen molar-refractivity contribution in [2.75, 3.05) is 23.3 Å². The van der Waals surface area contributed by atoms with Crippen molar-refractivity contribution in [2.24, 2.45) is 0 Å². The number of carbonyl (C=O) groups is 2. The molecule has 0 unspecified atom stereocenters. The molecule has 0 saturated carbocycles. The van der Waals surface area contributed by atoms with E-state index < -0.39 is 41.2 Å². The van der Waals surface area contributed by atoms with Crippen LogP contribution >= 0.6 is 0 Å². The number of nitrogens with one attached hydrogen (secondary N) is 2. The Labute approximate surface area is 172 Å². The van der Waals surface area contributed by atoms with E-state index in [-0.39, 0.29) is 12.5 Å². The van der Waals surface area contributed by atoms with Crippen molar-refractivity contribution in [3.05, 3.63) is 53.8 Å². The highest BCUT2D eigenvalue weighted by Gasteiger charge is 2.35. The van der Waals surface area contributed by atoms with Crippen molar-refractivity contribution in [1.82, 2.24) is 5.32 Å². The Bertz CT molecular complexity index is 954. The molecular weight excluding hydrogens is 399 g/mol. The Morgan fingerprint density at radius 1 is 1.17 bits per heavy atom. The third kappa shape index (κ3) is 4.34. The van der Waals surface area contributed by atoms with Gasteiger partial charge in [0, 0.05) is 6.54 Å². The number of fused-ring (bicyclic) bond motifs is 1. The van der Waals surface area contributed by atoms with E-state index in [4.69, 9.17) is 4.74 Å². The SMILES string of the molecule is CCCNC(=O)[C@@H]1CN([C@@H](C)C(=O)Nc2ccc(F)c(F)c2F)c2ccccc2O1. The summed E-state index contributed by atoms with van der Waals surface area (Å²) in [4.78, 5) is 26.8. The average Bonchev–Trinajstić information content (AvgIpc) is 2.76. The molecule has 2 N–H and O–H groups in total. The number of hydrogen-bond donors (Lipinski definition) is 2. The van der Waals surface area contributed by atoms with Crippen LogP contribution in [0, 0.1) is 17.5 Å². The number of para-hydroxylation sites is 2. The quantitative estimate of drug-likeness (QED) is 0.703. The molecule has 0 radical (unpaired) electrons. The normalized spacial score (nSPS) is 16.3. The van der Waals surface area contributed by atoms with E-state index in [0.717, 1.165) is 18.6 Å². The number of ether oxygens (including phenoxy) is 1. The van der Waals surface area contributed by atoms with Gasteiger partial charge in [-0.1, -0.05) is 19.1 Å². The molecule has 0 saturated heterocycles. The maximum atomic E-state index is 13.9. The van der Waals surface area contributed by atoms with Crippen LogP contribution in [0.4, 0.5) is 24.5 Å². The number of rotatable bonds is 6. The largest absolute Gasteiger partial charge is 0.477 e. The van der Waals surface area contributed by atoms with Crippen molar-refractivity contribution >= 4 is 23.2 Å². The van der Waals surface area contributed by atoms with Gasteiger partial charge in [-0.25, -0.2) is 13.2 Å². The number of benzene rings is 2. The van der Waals surface area contributed by atoms with Crippen molar-refractivity contribution in [2.45, 2.75) is 32.4 Å². The minimum atomic E-state index is -1.66. The molecule has 0 aromatic heterocycles. The smallest absolute Gasteiger partial charge is 0.262 e. The van der Waals surface area contributed by atoms with Crippen molar-refractivity contribution < 1.29 is 27.5 Å². The number of halogens is 3. The van der Waals surface area contributed by atoms with Gasteiger partial charge in [0.15, 0.2) is 23.6 Å². The predicted molar refractivity (Wildman–Crippen MR) is 106 cm³/mol. The summed E-state index contributed by atoms with van der Waals surface area (Å²) < 4.78 is 46.3. The molecule has 6 nitrogen and oxygen atoms in total. The zero-order chi connectivity index (χ0) is 21.8. The van der Waals surface area contributed by atoms with E-state index >= 15 is 0 Å². The average molecular weight is 421 g/mol. The van der Waals surface area contributed by atoms with E-state index in [9.17, 15) is 22.8 Å². The first-order valence-electron chi connectivity index (χ1n) is 9.57.